The summed E-state index contributed by atoms with van der Waals surface area (Å²) in [5.74, 6) is 1.46. The highest BCUT2D eigenvalue weighted by Gasteiger charge is 2.14. The van der Waals surface area contributed by atoms with Gasteiger partial charge in [-0.25, -0.2) is 0 Å². The average Bonchev–Trinajstić information content (AvgIpc) is 2.87. The number of hydrogen-bond acceptors (Lipinski definition) is 5. The Hall–Kier alpha value is -1.95. The van der Waals surface area contributed by atoms with Crippen LogP contribution in [0.3, 0.4) is 0 Å². The third-order valence-corrected chi connectivity index (χ3v) is 3.74. The number of aromatic nitrogens is 4. The molecular formula is C13H14N4OS. The van der Waals surface area contributed by atoms with Crippen LogP contribution in [-0.2, 0) is 6.42 Å². The molecule has 3 aromatic rings. The van der Waals surface area contributed by atoms with Crippen LogP contribution in [0.15, 0.2) is 24.3 Å². The molecule has 0 aliphatic carbocycles. The van der Waals surface area contributed by atoms with E-state index in [1.807, 2.05) is 16.6 Å². The molecule has 2 heterocycles. The van der Waals surface area contributed by atoms with Gasteiger partial charge in [0.25, 0.3) is 0 Å². The van der Waals surface area contributed by atoms with Crippen LogP contribution < -0.4 is 0 Å². The lowest BCUT2D eigenvalue weighted by Crippen LogP contribution is -1.99. The molecule has 0 spiro atoms. The van der Waals surface area contributed by atoms with Crippen molar-refractivity contribution >= 4 is 16.3 Å². The van der Waals surface area contributed by atoms with E-state index < -0.39 is 0 Å². The molecule has 0 bridgehead atoms. The van der Waals surface area contributed by atoms with Crippen molar-refractivity contribution in [2.75, 3.05) is 0 Å². The number of aromatic hydroxyl groups is 1. The lowest BCUT2D eigenvalue weighted by atomic mass is 10.1. The summed E-state index contributed by atoms with van der Waals surface area (Å²) in [7, 11) is 0. The van der Waals surface area contributed by atoms with Gasteiger partial charge in [-0.05, 0) is 17.7 Å². The molecule has 1 aromatic carbocycles. The van der Waals surface area contributed by atoms with Gasteiger partial charge in [0.05, 0.1) is 0 Å². The molecule has 98 valence electrons. The zero-order chi connectivity index (χ0) is 13.4. The van der Waals surface area contributed by atoms with Crippen LogP contribution in [0.2, 0.25) is 0 Å². The Morgan fingerprint density at radius 2 is 2.16 bits per heavy atom. The Bertz CT molecular complexity index is 716. The van der Waals surface area contributed by atoms with Gasteiger partial charge in [-0.3, -0.25) is 0 Å². The number of rotatable bonds is 3. The average molecular weight is 274 g/mol. The smallest absolute Gasteiger partial charge is 0.234 e. The first-order valence-corrected chi connectivity index (χ1v) is 6.94. The first-order valence-electron chi connectivity index (χ1n) is 6.12. The van der Waals surface area contributed by atoms with Crippen LogP contribution >= 0.6 is 11.3 Å². The minimum Gasteiger partial charge on any atom is -0.508 e. The zero-order valence-corrected chi connectivity index (χ0v) is 11.6. The fraction of sp³-hybridized carbons (Fsp3) is 0.308. The Balaban J connectivity index is 1.93. The standard InChI is InChI=1S/C13H14N4OS/c1-8(2)12-14-15-13-17(12)16-11(19-13)7-9-4-3-5-10(18)6-9/h3-6,8,18H,7H2,1-2H3. The van der Waals surface area contributed by atoms with Crippen LogP contribution in [0.1, 0.15) is 36.2 Å². The summed E-state index contributed by atoms with van der Waals surface area (Å²) in [5.41, 5.74) is 1.04. The van der Waals surface area contributed by atoms with Crippen LogP contribution in [-0.4, -0.2) is 24.9 Å². The summed E-state index contributed by atoms with van der Waals surface area (Å²) in [6.07, 6.45) is 0.694. The van der Waals surface area contributed by atoms with Crippen molar-refractivity contribution in [3.05, 3.63) is 40.7 Å². The summed E-state index contributed by atoms with van der Waals surface area (Å²) >= 11 is 1.53. The van der Waals surface area contributed by atoms with Gasteiger partial charge in [-0.1, -0.05) is 37.3 Å². The van der Waals surface area contributed by atoms with Crippen molar-refractivity contribution in [3.63, 3.8) is 0 Å². The molecule has 2 aromatic heterocycles. The molecule has 0 aliphatic heterocycles. The van der Waals surface area contributed by atoms with Gasteiger partial charge < -0.3 is 5.11 Å². The molecule has 0 aliphatic rings. The molecule has 1 N–H and O–H groups in total. The summed E-state index contributed by atoms with van der Waals surface area (Å²) in [6, 6.07) is 7.24. The van der Waals surface area contributed by atoms with E-state index in [0.717, 1.165) is 21.4 Å². The molecule has 0 saturated heterocycles. The van der Waals surface area contributed by atoms with Crippen LogP contribution in [0.4, 0.5) is 0 Å². The third-order valence-electron chi connectivity index (χ3n) is 2.84. The Labute approximate surface area is 114 Å². The number of hydrogen-bond donors (Lipinski definition) is 1. The first kappa shape index (κ1) is 12.1. The maximum atomic E-state index is 9.46. The Kier molecular flexibility index (Phi) is 2.94. The summed E-state index contributed by atoms with van der Waals surface area (Å²) < 4.78 is 1.81. The van der Waals surface area contributed by atoms with Gasteiger partial charge in [0.1, 0.15) is 10.8 Å². The van der Waals surface area contributed by atoms with Gasteiger partial charge in [0.2, 0.25) is 4.96 Å². The van der Waals surface area contributed by atoms with Gasteiger partial charge >= 0.3 is 0 Å². The van der Waals surface area contributed by atoms with Crippen molar-refractivity contribution in [3.8, 4) is 5.75 Å². The number of phenols is 1. The van der Waals surface area contributed by atoms with E-state index in [1.165, 1.54) is 11.3 Å². The first-order chi connectivity index (χ1) is 9.13. The second kappa shape index (κ2) is 4.62. The Morgan fingerprint density at radius 3 is 2.89 bits per heavy atom. The van der Waals surface area contributed by atoms with E-state index in [1.54, 1.807) is 12.1 Å². The minimum absolute atomic E-state index is 0.281. The highest BCUT2D eigenvalue weighted by molar-refractivity contribution is 7.16. The lowest BCUT2D eigenvalue weighted by molar-refractivity contribution is 0.474. The van der Waals surface area contributed by atoms with E-state index in [4.69, 9.17) is 0 Å². The van der Waals surface area contributed by atoms with Gasteiger partial charge in [0, 0.05) is 12.3 Å². The highest BCUT2D eigenvalue weighted by Crippen LogP contribution is 2.21. The second-order valence-corrected chi connectivity index (χ2v) is 5.79. The van der Waals surface area contributed by atoms with E-state index in [9.17, 15) is 5.11 Å². The van der Waals surface area contributed by atoms with Crippen molar-refractivity contribution in [2.45, 2.75) is 26.2 Å². The SMILES string of the molecule is CC(C)c1nnc2sc(Cc3cccc(O)c3)nn12. The maximum absolute atomic E-state index is 9.46. The predicted molar refractivity (Wildman–Crippen MR) is 73.7 cm³/mol. The van der Waals surface area contributed by atoms with E-state index in [0.29, 0.717) is 12.3 Å². The number of phenolic OH excluding ortho intramolecular Hbond substituents is 1. The fourth-order valence-electron chi connectivity index (χ4n) is 1.94. The van der Waals surface area contributed by atoms with Crippen LogP contribution in [0.5, 0.6) is 5.75 Å². The predicted octanol–water partition coefficient (Wildman–Crippen LogP) is 2.61. The zero-order valence-electron chi connectivity index (χ0n) is 10.7. The minimum atomic E-state index is 0.281. The van der Waals surface area contributed by atoms with Crippen molar-refractivity contribution in [1.82, 2.24) is 19.8 Å². The molecule has 3 rings (SSSR count). The topological polar surface area (TPSA) is 63.3 Å². The molecule has 5 nitrogen and oxygen atoms in total. The number of benzene rings is 1. The fourth-order valence-corrected chi connectivity index (χ4v) is 2.82. The normalized spacial score (nSPS) is 11.5. The van der Waals surface area contributed by atoms with E-state index in [2.05, 4.69) is 29.1 Å². The Morgan fingerprint density at radius 1 is 1.32 bits per heavy atom. The molecule has 6 heteroatoms. The van der Waals surface area contributed by atoms with Crippen LogP contribution in [0, 0.1) is 0 Å². The summed E-state index contributed by atoms with van der Waals surface area (Å²) in [5, 5.41) is 23.3. The van der Waals surface area contributed by atoms with Crippen molar-refractivity contribution in [1.29, 1.82) is 0 Å². The van der Waals surface area contributed by atoms with Crippen molar-refractivity contribution in [2.24, 2.45) is 0 Å². The summed E-state index contributed by atoms with van der Waals surface area (Å²) in [4.78, 5) is 0.818. The lowest BCUT2D eigenvalue weighted by Gasteiger charge is -1.99. The molecule has 0 radical (unpaired) electrons. The molecule has 0 fully saturated rings. The van der Waals surface area contributed by atoms with Crippen molar-refractivity contribution < 1.29 is 5.11 Å². The second-order valence-electron chi connectivity index (χ2n) is 4.75. The molecule has 0 saturated carbocycles. The molecule has 0 amide bonds. The molecule has 19 heavy (non-hydrogen) atoms. The van der Waals surface area contributed by atoms with E-state index in [-0.39, 0.29) is 5.75 Å². The largest absolute Gasteiger partial charge is 0.508 e. The highest BCUT2D eigenvalue weighted by atomic mass is 32.1. The third kappa shape index (κ3) is 2.31. The number of nitrogens with zero attached hydrogens (tertiary/aromatic N) is 4. The monoisotopic (exact) mass is 274 g/mol. The molecular weight excluding hydrogens is 260 g/mol. The summed E-state index contributed by atoms with van der Waals surface area (Å²) in [6.45, 7) is 4.15. The molecule has 0 atom stereocenters. The van der Waals surface area contributed by atoms with Gasteiger partial charge in [0.15, 0.2) is 5.82 Å². The van der Waals surface area contributed by atoms with Gasteiger partial charge in [-0.15, -0.1) is 10.2 Å². The molecule has 0 unspecified atom stereocenters. The van der Waals surface area contributed by atoms with Gasteiger partial charge in [-0.2, -0.15) is 9.61 Å². The maximum Gasteiger partial charge on any atom is 0.234 e. The van der Waals surface area contributed by atoms with E-state index >= 15 is 0 Å². The quantitative estimate of drug-likeness (QED) is 0.797. The number of fused-ring (bicyclic) bond motifs is 1. The van der Waals surface area contributed by atoms with Crippen LogP contribution in [0.25, 0.3) is 4.96 Å².